The summed E-state index contributed by atoms with van der Waals surface area (Å²) >= 11 is 1.35. The Hall–Kier alpha value is -3.32. The summed E-state index contributed by atoms with van der Waals surface area (Å²) in [6, 6.07) is 14.3. The molecule has 144 valence electrons. The fourth-order valence-corrected chi connectivity index (χ4v) is 4.52. The van der Waals surface area contributed by atoms with Crippen LogP contribution in [0, 0.1) is 6.92 Å². The van der Waals surface area contributed by atoms with Crippen LogP contribution in [0.1, 0.15) is 45.2 Å². The Labute approximate surface area is 170 Å². The zero-order chi connectivity index (χ0) is 20.1. The van der Waals surface area contributed by atoms with E-state index in [-0.39, 0.29) is 17.1 Å². The van der Waals surface area contributed by atoms with Crippen LogP contribution in [0.5, 0.6) is 0 Å². The number of aryl methyl sites for hydroxylation is 2. The lowest BCUT2D eigenvalue weighted by atomic mass is 9.98. The monoisotopic (exact) mass is 403 g/mol. The van der Waals surface area contributed by atoms with Gasteiger partial charge in [-0.2, -0.15) is 0 Å². The predicted octanol–water partition coefficient (Wildman–Crippen LogP) is 4.27. The largest absolute Gasteiger partial charge is 0.450 e. The van der Waals surface area contributed by atoms with Gasteiger partial charge < -0.3 is 4.42 Å². The first-order valence-electron chi connectivity index (χ1n) is 9.36. The molecule has 3 heterocycles. The van der Waals surface area contributed by atoms with Crippen LogP contribution in [0.15, 0.2) is 57.7 Å². The van der Waals surface area contributed by atoms with Gasteiger partial charge in [0.15, 0.2) is 5.43 Å². The minimum atomic E-state index is -0.600. The van der Waals surface area contributed by atoms with Crippen molar-refractivity contribution in [1.29, 1.82) is 0 Å². The van der Waals surface area contributed by atoms with E-state index in [9.17, 15) is 9.59 Å². The van der Waals surface area contributed by atoms with E-state index in [1.165, 1.54) is 16.2 Å². The average molecular weight is 403 g/mol. The third-order valence-corrected chi connectivity index (χ3v) is 6.17. The maximum atomic E-state index is 13.5. The number of rotatable bonds is 3. The lowest BCUT2D eigenvalue weighted by Crippen LogP contribution is -2.29. The Morgan fingerprint density at radius 2 is 1.90 bits per heavy atom. The number of hydrogen-bond donors (Lipinski definition) is 0. The van der Waals surface area contributed by atoms with Crippen LogP contribution in [0.25, 0.3) is 11.0 Å². The van der Waals surface area contributed by atoms with Gasteiger partial charge in [0.25, 0.3) is 5.91 Å². The zero-order valence-corrected chi connectivity index (χ0v) is 16.7. The molecule has 29 heavy (non-hydrogen) atoms. The Balaban J connectivity index is 1.81. The van der Waals surface area contributed by atoms with Gasteiger partial charge in [0, 0.05) is 0 Å². The van der Waals surface area contributed by atoms with Crippen molar-refractivity contribution in [2.75, 3.05) is 4.90 Å². The molecule has 0 spiro atoms. The standard InChI is InChI=1S/C22H17N3O3S/c1-3-16-23-24-22(29-16)25-18(13-7-5-4-6-8-13)17-19(26)14-11-12(2)9-10-15(14)28-20(17)21(25)27/h4-11,18H,3H2,1-2H3. The van der Waals surface area contributed by atoms with Crippen LogP contribution in [-0.2, 0) is 6.42 Å². The van der Waals surface area contributed by atoms with Crippen LogP contribution < -0.4 is 10.3 Å². The summed E-state index contributed by atoms with van der Waals surface area (Å²) in [5.41, 5.74) is 2.36. The summed E-state index contributed by atoms with van der Waals surface area (Å²) in [4.78, 5) is 28.4. The van der Waals surface area contributed by atoms with Gasteiger partial charge in [-0.1, -0.05) is 60.2 Å². The van der Waals surface area contributed by atoms with E-state index in [0.717, 1.165) is 22.6 Å². The summed E-state index contributed by atoms with van der Waals surface area (Å²) < 4.78 is 5.95. The topological polar surface area (TPSA) is 76.3 Å². The first-order chi connectivity index (χ1) is 14.1. The maximum Gasteiger partial charge on any atom is 0.297 e. The second-order valence-corrected chi connectivity index (χ2v) is 8.03. The number of aromatic nitrogens is 2. The summed E-state index contributed by atoms with van der Waals surface area (Å²) in [5.74, 6) is -0.291. The van der Waals surface area contributed by atoms with Gasteiger partial charge >= 0.3 is 0 Å². The molecule has 1 amide bonds. The van der Waals surface area contributed by atoms with Crippen LogP contribution >= 0.6 is 11.3 Å². The van der Waals surface area contributed by atoms with Gasteiger partial charge in [-0.05, 0) is 31.0 Å². The first kappa shape index (κ1) is 17.8. The van der Waals surface area contributed by atoms with Gasteiger partial charge in [0.1, 0.15) is 10.6 Å². The molecule has 4 aromatic rings. The molecule has 1 aliphatic rings. The van der Waals surface area contributed by atoms with E-state index >= 15 is 0 Å². The van der Waals surface area contributed by atoms with Crippen molar-refractivity contribution in [2.24, 2.45) is 0 Å². The first-order valence-corrected chi connectivity index (χ1v) is 10.2. The molecular formula is C22H17N3O3S. The van der Waals surface area contributed by atoms with E-state index in [1.807, 2.05) is 50.2 Å². The lowest BCUT2D eigenvalue weighted by molar-refractivity contribution is 0.0970. The van der Waals surface area contributed by atoms with Crippen LogP contribution in [0.3, 0.4) is 0 Å². The summed E-state index contributed by atoms with van der Waals surface area (Å²) in [6.07, 6.45) is 0.725. The molecule has 1 atom stereocenters. The highest BCUT2D eigenvalue weighted by molar-refractivity contribution is 7.15. The average Bonchev–Trinajstić information content (AvgIpc) is 3.32. The van der Waals surface area contributed by atoms with E-state index < -0.39 is 6.04 Å². The SMILES string of the molecule is CCc1nnc(N2C(=O)c3oc4ccc(C)cc4c(=O)c3C2c2ccccc2)s1. The minimum absolute atomic E-state index is 0.0773. The van der Waals surface area contributed by atoms with Gasteiger partial charge in [-0.3, -0.25) is 14.5 Å². The van der Waals surface area contributed by atoms with Crippen LogP contribution in [0.2, 0.25) is 0 Å². The van der Waals surface area contributed by atoms with Gasteiger partial charge in [0.2, 0.25) is 10.9 Å². The number of hydrogen-bond acceptors (Lipinski definition) is 6. The number of nitrogens with zero attached hydrogens (tertiary/aromatic N) is 3. The van der Waals surface area contributed by atoms with Crippen molar-refractivity contribution in [3.05, 3.63) is 86.2 Å². The molecule has 5 rings (SSSR count). The van der Waals surface area contributed by atoms with Crippen molar-refractivity contribution in [2.45, 2.75) is 26.3 Å². The number of carbonyl (C=O) groups excluding carboxylic acids is 1. The van der Waals surface area contributed by atoms with Crippen molar-refractivity contribution >= 4 is 33.3 Å². The Morgan fingerprint density at radius 3 is 2.62 bits per heavy atom. The molecule has 0 saturated carbocycles. The van der Waals surface area contributed by atoms with E-state index in [4.69, 9.17) is 4.42 Å². The highest BCUT2D eigenvalue weighted by Gasteiger charge is 2.45. The third kappa shape index (κ3) is 2.69. The number of amides is 1. The van der Waals surface area contributed by atoms with Crippen molar-refractivity contribution in [3.63, 3.8) is 0 Å². The molecule has 7 heteroatoms. The molecule has 1 aliphatic heterocycles. The molecule has 6 nitrogen and oxygen atoms in total. The van der Waals surface area contributed by atoms with E-state index in [2.05, 4.69) is 10.2 Å². The molecular weight excluding hydrogens is 386 g/mol. The van der Waals surface area contributed by atoms with Gasteiger partial charge in [-0.15, -0.1) is 10.2 Å². The number of fused-ring (bicyclic) bond motifs is 2. The second kappa shape index (κ2) is 6.63. The molecule has 2 aromatic heterocycles. The fourth-order valence-electron chi connectivity index (χ4n) is 3.72. The molecule has 0 saturated heterocycles. The number of carbonyl (C=O) groups is 1. The van der Waals surface area contributed by atoms with Crippen molar-refractivity contribution < 1.29 is 9.21 Å². The number of anilines is 1. The Bertz CT molecular complexity index is 1310. The highest BCUT2D eigenvalue weighted by atomic mass is 32.1. The molecule has 0 N–H and O–H groups in total. The number of benzene rings is 2. The van der Waals surface area contributed by atoms with Gasteiger partial charge in [-0.25, -0.2) is 0 Å². The summed E-state index contributed by atoms with van der Waals surface area (Å²) in [7, 11) is 0. The minimum Gasteiger partial charge on any atom is -0.450 e. The van der Waals surface area contributed by atoms with E-state index in [0.29, 0.717) is 21.7 Å². The Kier molecular flexibility index (Phi) is 4.06. The third-order valence-electron chi connectivity index (χ3n) is 5.11. The second-order valence-electron chi connectivity index (χ2n) is 6.99. The normalized spacial score (nSPS) is 15.9. The molecule has 0 radical (unpaired) electrons. The summed E-state index contributed by atoms with van der Waals surface area (Å²) in [6.45, 7) is 3.91. The molecule has 0 fully saturated rings. The lowest BCUT2D eigenvalue weighted by Gasteiger charge is -2.21. The molecule has 0 aliphatic carbocycles. The van der Waals surface area contributed by atoms with E-state index in [1.54, 1.807) is 12.1 Å². The molecule has 1 unspecified atom stereocenters. The zero-order valence-electron chi connectivity index (χ0n) is 15.9. The quantitative estimate of drug-likeness (QED) is 0.511. The summed E-state index contributed by atoms with van der Waals surface area (Å²) in [5, 5.41) is 10.2. The van der Waals surface area contributed by atoms with Crippen LogP contribution in [0.4, 0.5) is 5.13 Å². The maximum absolute atomic E-state index is 13.5. The highest BCUT2D eigenvalue weighted by Crippen LogP contribution is 2.42. The van der Waals surface area contributed by atoms with Gasteiger partial charge in [0.05, 0.1) is 17.0 Å². The van der Waals surface area contributed by atoms with Crippen molar-refractivity contribution in [3.8, 4) is 0 Å². The Morgan fingerprint density at radius 1 is 1.10 bits per heavy atom. The van der Waals surface area contributed by atoms with Crippen LogP contribution in [-0.4, -0.2) is 16.1 Å². The molecule has 0 bridgehead atoms. The smallest absolute Gasteiger partial charge is 0.297 e. The van der Waals surface area contributed by atoms with Crippen molar-refractivity contribution in [1.82, 2.24) is 10.2 Å². The predicted molar refractivity (Wildman–Crippen MR) is 112 cm³/mol. The molecule has 2 aromatic carbocycles. The fraction of sp³-hybridized carbons (Fsp3) is 0.182.